The number of halogens is 3. The molecule has 0 unspecified atom stereocenters. The Balaban J connectivity index is 1.73. The van der Waals surface area contributed by atoms with Crippen LogP contribution in [0.1, 0.15) is 17.5 Å². The summed E-state index contributed by atoms with van der Waals surface area (Å²) >= 11 is 0. The first-order valence-electron chi connectivity index (χ1n) is 8.01. The molecule has 0 saturated carbocycles. The van der Waals surface area contributed by atoms with E-state index in [0.717, 1.165) is 10.4 Å². The van der Waals surface area contributed by atoms with Crippen molar-refractivity contribution in [1.29, 1.82) is 5.26 Å². The number of hydrogen-bond donors (Lipinski definition) is 0. The molecule has 3 saturated heterocycles. The van der Waals surface area contributed by atoms with Gasteiger partial charge < -0.3 is 4.74 Å². The van der Waals surface area contributed by atoms with Gasteiger partial charge in [0.1, 0.15) is 5.25 Å². The number of fused-ring (bicyclic) bond motifs is 5. The summed E-state index contributed by atoms with van der Waals surface area (Å²) in [7, 11) is -3.95. The lowest BCUT2D eigenvalue weighted by molar-refractivity contribution is -0.137. The molecule has 1 aromatic carbocycles. The summed E-state index contributed by atoms with van der Waals surface area (Å²) in [6.45, 7) is -0.0607. The van der Waals surface area contributed by atoms with Gasteiger partial charge in [-0.05, 0) is 30.2 Å². The van der Waals surface area contributed by atoms with Gasteiger partial charge in [0.05, 0.1) is 41.1 Å². The highest BCUT2D eigenvalue weighted by Crippen LogP contribution is 2.50. The second-order valence-electron chi connectivity index (χ2n) is 6.69. The number of sulfonamides is 1. The summed E-state index contributed by atoms with van der Waals surface area (Å²) in [5.41, 5.74) is 6.73. The van der Waals surface area contributed by atoms with Gasteiger partial charge in [-0.2, -0.15) is 18.4 Å². The molecular weight excluding hydrogens is 387 g/mol. The number of nitriles is 1. The summed E-state index contributed by atoms with van der Waals surface area (Å²) in [4.78, 5) is 2.75. The van der Waals surface area contributed by atoms with E-state index >= 15 is 0 Å². The third-order valence-electron chi connectivity index (χ3n) is 5.34. The van der Waals surface area contributed by atoms with Crippen molar-refractivity contribution in [2.75, 3.05) is 10.8 Å². The lowest BCUT2D eigenvalue weighted by Crippen LogP contribution is -2.39. The van der Waals surface area contributed by atoms with Crippen molar-refractivity contribution in [2.24, 2.45) is 11.0 Å². The molecule has 3 heterocycles. The van der Waals surface area contributed by atoms with Crippen LogP contribution in [-0.4, -0.2) is 38.5 Å². The minimum absolute atomic E-state index is 0.0607. The van der Waals surface area contributed by atoms with Crippen LogP contribution in [-0.2, 0) is 20.9 Å². The van der Waals surface area contributed by atoms with Crippen molar-refractivity contribution in [3.63, 3.8) is 0 Å². The fourth-order valence-corrected chi connectivity index (χ4v) is 6.62. The third kappa shape index (κ3) is 2.54. The van der Waals surface area contributed by atoms with Crippen LogP contribution >= 0.6 is 0 Å². The molecule has 0 N–H and O–H groups in total. The molecule has 142 valence electrons. The van der Waals surface area contributed by atoms with Gasteiger partial charge in [-0.15, -0.1) is 0 Å². The zero-order valence-corrected chi connectivity index (χ0v) is 14.4. The Kier molecular flexibility index (Phi) is 3.82. The van der Waals surface area contributed by atoms with Gasteiger partial charge >= 0.3 is 6.18 Å². The quantitative estimate of drug-likeness (QED) is 0.431. The third-order valence-corrected chi connectivity index (χ3v) is 7.66. The summed E-state index contributed by atoms with van der Waals surface area (Å²) in [6, 6.07) is 3.83. The van der Waals surface area contributed by atoms with Crippen molar-refractivity contribution in [3.05, 3.63) is 39.8 Å². The first kappa shape index (κ1) is 17.9. The summed E-state index contributed by atoms with van der Waals surface area (Å²) in [5.74, 6) is -0.491. The molecule has 0 aromatic heterocycles. The zero-order chi connectivity index (χ0) is 19.6. The molecule has 4 rings (SSSR count). The Hall–Kier alpha value is -2.48. The van der Waals surface area contributed by atoms with Gasteiger partial charge in [-0.1, -0.05) is 5.11 Å². The number of anilines is 1. The normalized spacial score (nSPS) is 33.4. The number of ether oxygens (including phenoxy) is 1. The molecule has 2 bridgehead atoms. The maximum atomic E-state index is 13.2. The Bertz CT molecular complexity index is 999. The van der Waals surface area contributed by atoms with E-state index in [1.807, 2.05) is 0 Å². The van der Waals surface area contributed by atoms with Crippen molar-refractivity contribution < 1.29 is 26.3 Å². The summed E-state index contributed by atoms with van der Waals surface area (Å²) in [6.07, 6.45) is -5.73. The molecule has 1 aromatic rings. The first-order valence-corrected chi connectivity index (χ1v) is 9.51. The standard InChI is InChI=1S/C15H12F3N5O3S/c16-15(17,18)10-3-8(2-1-7(10)5-19)23-6-9-13-11(21-22-20)4-12(26-13)14(9)27(23,24)25/h1-3,9,11-14H,4,6H2/t9-,11+,12+,13+,14-/m0/s1. The summed E-state index contributed by atoms with van der Waals surface area (Å²) < 4.78 is 72.1. The maximum Gasteiger partial charge on any atom is 0.417 e. The molecule has 27 heavy (non-hydrogen) atoms. The molecule has 5 atom stereocenters. The van der Waals surface area contributed by atoms with Crippen molar-refractivity contribution in [1.82, 2.24) is 0 Å². The highest BCUT2D eigenvalue weighted by molar-refractivity contribution is 7.93. The van der Waals surface area contributed by atoms with Gasteiger partial charge in [0, 0.05) is 17.4 Å². The number of benzene rings is 1. The van der Waals surface area contributed by atoms with Crippen LogP contribution in [0.25, 0.3) is 10.4 Å². The molecule has 0 radical (unpaired) electrons. The average molecular weight is 399 g/mol. The van der Waals surface area contributed by atoms with Crippen LogP contribution in [0.15, 0.2) is 23.3 Å². The fraction of sp³-hybridized carbons (Fsp3) is 0.533. The average Bonchev–Trinajstić information content (AvgIpc) is 3.24. The van der Waals surface area contributed by atoms with E-state index < -0.39 is 56.7 Å². The van der Waals surface area contributed by atoms with E-state index in [-0.39, 0.29) is 18.7 Å². The Morgan fingerprint density at radius 2 is 2.15 bits per heavy atom. The zero-order valence-electron chi connectivity index (χ0n) is 13.5. The lowest BCUT2D eigenvalue weighted by atomic mass is 9.85. The van der Waals surface area contributed by atoms with Crippen LogP contribution in [0.4, 0.5) is 18.9 Å². The molecule has 0 amide bonds. The van der Waals surface area contributed by atoms with E-state index in [4.69, 9.17) is 15.5 Å². The van der Waals surface area contributed by atoms with E-state index in [1.54, 1.807) is 0 Å². The van der Waals surface area contributed by atoms with Crippen LogP contribution in [0.2, 0.25) is 0 Å². The lowest BCUT2D eigenvalue weighted by Gasteiger charge is -2.22. The smallest absolute Gasteiger partial charge is 0.373 e. The van der Waals surface area contributed by atoms with E-state index in [1.165, 1.54) is 12.1 Å². The van der Waals surface area contributed by atoms with Crippen LogP contribution in [0.3, 0.4) is 0 Å². The van der Waals surface area contributed by atoms with Gasteiger partial charge in [-0.25, -0.2) is 8.42 Å². The molecule has 3 aliphatic heterocycles. The maximum absolute atomic E-state index is 13.2. The predicted octanol–water partition coefficient (Wildman–Crippen LogP) is 2.56. The number of nitrogens with zero attached hydrogens (tertiary/aromatic N) is 5. The second-order valence-corrected chi connectivity index (χ2v) is 8.71. The van der Waals surface area contributed by atoms with Gasteiger partial charge in [-0.3, -0.25) is 4.31 Å². The molecule has 8 nitrogen and oxygen atoms in total. The Morgan fingerprint density at radius 3 is 2.78 bits per heavy atom. The van der Waals surface area contributed by atoms with Gasteiger partial charge in [0.2, 0.25) is 10.0 Å². The SMILES string of the molecule is N#Cc1ccc(N2C[C@H]3[C@H]4O[C@H](C[C@H]4N=[N+]=[N-])[C@H]3S2(=O)=O)cc1C(F)(F)F. The predicted molar refractivity (Wildman–Crippen MR) is 85.9 cm³/mol. The van der Waals surface area contributed by atoms with Gasteiger partial charge in [0.25, 0.3) is 0 Å². The minimum Gasteiger partial charge on any atom is -0.373 e. The van der Waals surface area contributed by atoms with Gasteiger partial charge in [0.15, 0.2) is 0 Å². The molecule has 3 aliphatic rings. The molecule has 0 spiro atoms. The van der Waals surface area contributed by atoms with Crippen LogP contribution in [0.5, 0.6) is 0 Å². The highest BCUT2D eigenvalue weighted by Gasteiger charge is 2.64. The van der Waals surface area contributed by atoms with E-state index in [2.05, 4.69) is 10.0 Å². The first-order chi connectivity index (χ1) is 12.7. The number of azide groups is 1. The molecule has 0 aliphatic carbocycles. The van der Waals surface area contributed by atoms with Crippen molar-refractivity contribution >= 4 is 15.7 Å². The van der Waals surface area contributed by atoms with E-state index in [0.29, 0.717) is 6.07 Å². The molecular formula is C15H12F3N5O3S. The Morgan fingerprint density at radius 1 is 1.41 bits per heavy atom. The van der Waals surface area contributed by atoms with E-state index in [9.17, 15) is 21.6 Å². The fourth-order valence-electron chi connectivity index (χ4n) is 4.29. The van der Waals surface area contributed by atoms with Crippen LogP contribution in [0, 0.1) is 17.2 Å². The highest BCUT2D eigenvalue weighted by atomic mass is 32.2. The van der Waals surface area contributed by atoms with Crippen LogP contribution < -0.4 is 4.31 Å². The van der Waals surface area contributed by atoms with Crippen molar-refractivity contribution in [2.45, 2.75) is 36.1 Å². The second kappa shape index (κ2) is 5.76. The number of alkyl halides is 3. The largest absolute Gasteiger partial charge is 0.417 e. The topological polar surface area (TPSA) is 119 Å². The number of hydrogen-bond acceptors (Lipinski definition) is 5. The molecule has 3 fully saturated rings. The number of rotatable bonds is 2. The summed E-state index contributed by atoms with van der Waals surface area (Å²) in [5, 5.41) is 11.7. The monoisotopic (exact) mass is 399 g/mol. The Labute approximate surface area is 151 Å². The minimum atomic E-state index is -4.78. The van der Waals surface area contributed by atoms with Crippen molar-refractivity contribution in [3.8, 4) is 6.07 Å². The molecule has 12 heteroatoms.